The average molecular weight is 354 g/mol. The number of esters is 1. The summed E-state index contributed by atoms with van der Waals surface area (Å²) in [5, 5.41) is 9.87. The topological polar surface area (TPSA) is 127 Å². The lowest BCUT2D eigenvalue weighted by Crippen LogP contribution is -2.21. The molecular formula is C17H14N4O5. The fraction of sp³-hybridized carbons (Fsp3) is 0.118. The van der Waals surface area contributed by atoms with Gasteiger partial charge in [0, 0.05) is 17.3 Å². The van der Waals surface area contributed by atoms with E-state index in [1.165, 1.54) is 19.2 Å². The number of ketones is 1. The van der Waals surface area contributed by atoms with Gasteiger partial charge in [0.1, 0.15) is 5.69 Å². The molecule has 0 aliphatic rings. The van der Waals surface area contributed by atoms with Crippen LogP contribution in [-0.2, 0) is 9.53 Å². The molecule has 2 N–H and O–H groups in total. The summed E-state index contributed by atoms with van der Waals surface area (Å²) in [6, 6.07) is 10.3. The minimum atomic E-state index is -0.761. The van der Waals surface area contributed by atoms with E-state index in [1.54, 1.807) is 12.1 Å². The predicted molar refractivity (Wildman–Crippen MR) is 89.4 cm³/mol. The van der Waals surface area contributed by atoms with Crippen molar-refractivity contribution in [2.45, 2.75) is 6.92 Å². The van der Waals surface area contributed by atoms with E-state index in [2.05, 4.69) is 20.5 Å². The molecule has 3 rings (SSSR count). The second kappa shape index (κ2) is 7.43. The average Bonchev–Trinajstić information content (AvgIpc) is 3.30. The number of hydrogen-bond acceptors (Lipinski definition) is 7. The largest absolute Gasteiger partial charge is 0.451 e. The molecule has 0 saturated carbocycles. The quantitative estimate of drug-likeness (QED) is 0.512. The monoisotopic (exact) mass is 354 g/mol. The van der Waals surface area contributed by atoms with Gasteiger partial charge in [-0.1, -0.05) is 23.3 Å². The zero-order valence-electron chi connectivity index (χ0n) is 13.7. The molecule has 0 unspecified atom stereocenters. The molecule has 0 saturated heterocycles. The molecule has 9 heteroatoms. The summed E-state index contributed by atoms with van der Waals surface area (Å²) in [6.45, 7) is 0.830. The van der Waals surface area contributed by atoms with E-state index in [0.29, 0.717) is 11.1 Å². The third-order valence-corrected chi connectivity index (χ3v) is 3.34. The maximum Gasteiger partial charge on any atom is 0.355 e. The number of anilines is 1. The third-order valence-electron chi connectivity index (χ3n) is 3.34. The van der Waals surface area contributed by atoms with Crippen molar-refractivity contribution in [1.29, 1.82) is 0 Å². The molecule has 1 amide bonds. The van der Waals surface area contributed by atoms with Crippen LogP contribution in [-0.4, -0.2) is 39.4 Å². The van der Waals surface area contributed by atoms with Gasteiger partial charge < -0.3 is 14.1 Å². The highest BCUT2D eigenvalue weighted by molar-refractivity contribution is 5.98. The number of amides is 1. The maximum atomic E-state index is 11.8. The Labute approximate surface area is 147 Å². The summed E-state index contributed by atoms with van der Waals surface area (Å²) >= 11 is 0. The van der Waals surface area contributed by atoms with Gasteiger partial charge in [-0.05, 0) is 25.1 Å². The molecule has 2 heterocycles. The molecule has 1 aromatic carbocycles. The van der Waals surface area contributed by atoms with Crippen LogP contribution in [0.15, 0.2) is 47.0 Å². The Morgan fingerprint density at radius 1 is 1.19 bits per heavy atom. The Kier molecular flexibility index (Phi) is 4.88. The zero-order chi connectivity index (χ0) is 18.5. The van der Waals surface area contributed by atoms with Crippen molar-refractivity contribution >= 4 is 23.7 Å². The Balaban J connectivity index is 1.53. The van der Waals surface area contributed by atoms with Gasteiger partial charge in [0.25, 0.3) is 5.91 Å². The lowest BCUT2D eigenvalue weighted by atomic mass is 10.2. The van der Waals surface area contributed by atoms with Crippen molar-refractivity contribution in [3.05, 3.63) is 53.9 Å². The van der Waals surface area contributed by atoms with Gasteiger partial charge >= 0.3 is 12.0 Å². The number of ether oxygens (including phenoxy) is 1. The predicted octanol–water partition coefficient (Wildman–Crippen LogP) is 2.06. The lowest BCUT2D eigenvalue weighted by molar-refractivity contribution is -0.119. The number of nitrogens with zero attached hydrogens (tertiary/aromatic N) is 2. The first-order valence-corrected chi connectivity index (χ1v) is 7.58. The first-order valence-electron chi connectivity index (χ1n) is 7.58. The van der Waals surface area contributed by atoms with E-state index in [0.717, 1.165) is 0 Å². The van der Waals surface area contributed by atoms with Crippen molar-refractivity contribution in [2.24, 2.45) is 0 Å². The highest BCUT2D eigenvalue weighted by Gasteiger charge is 2.15. The van der Waals surface area contributed by atoms with Crippen LogP contribution in [0.1, 0.15) is 27.8 Å². The summed E-state index contributed by atoms with van der Waals surface area (Å²) in [5.74, 6) is -1.34. The molecule has 132 valence electrons. The van der Waals surface area contributed by atoms with Gasteiger partial charge in [0.05, 0.1) is 0 Å². The molecule has 3 aromatic rings. The number of H-pyrrole nitrogens is 1. The number of carbonyl (C=O) groups excluding carboxylic acids is 3. The molecule has 0 radical (unpaired) electrons. The number of aromatic nitrogens is 3. The SMILES string of the molecule is CC(=O)c1c[nH]c(C(=O)OCC(=O)Nc2nnc(-c3ccccc3)o2)c1. The number of Topliss-reactive ketones (excluding diaryl/α,β-unsaturated/α-hetero) is 1. The van der Waals surface area contributed by atoms with Crippen LogP contribution < -0.4 is 5.32 Å². The van der Waals surface area contributed by atoms with Gasteiger partial charge in [-0.3, -0.25) is 14.9 Å². The first-order chi connectivity index (χ1) is 12.5. The molecule has 2 aromatic heterocycles. The highest BCUT2D eigenvalue weighted by Crippen LogP contribution is 2.18. The van der Waals surface area contributed by atoms with E-state index in [4.69, 9.17) is 9.15 Å². The molecule has 0 spiro atoms. The van der Waals surface area contributed by atoms with Crippen LogP contribution in [0.25, 0.3) is 11.5 Å². The summed E-state index contributed by atoms with van der Waals surface area (Å²) in [5.41, 5.74) is 1.13. The number of aromatic amines is 1. The second-order valence-electron chi connectivity index (χ2n) is 5.26. The number of nitrogens with one attached hydrogen (secondary N) is 2. The number of carbonyl (C=O) groups is 3. The molecule has 0 aliphatic heterocycles. The fourth-order valence-corrected chi connectivity index (χ4v) is 2.05. The number of hydrogen-bond donors (Lipinski definition) is 2. The summed E-state index contributed by atoms with van der Waals surface area (Å²) in [6.07, 6.45) is 1.39. The molecule has 0 atom stereocenters. The molecule has 0 bridgehead atoms. The molecule has 0 fully saturated rings. The van der Waals surface area contributed by atoms with E-state index >= 15 is 0 Å². The molecule has 9 nitrogen and oxygen atoms in total. The van der Waals surface area contributed by atoms with Crippen LogP contribution in [0.4, 0.5) is 6.01 Å². The van der Waals surface area contributed by atoms with Crippen LogP contribution in [0.2, 0.25) is 0 Å². The fourth-order valence-electron chi connectivity index (χ4n) is 2.05. The summed E-state index contributed by atoms with van der Waals surface area (Å²) < 4.78 is 10.2. The normalized spacial score (nSPS) is 10.3. The van der Waals surface area contributed by atoms with Gasteiger partial charge in [0.15, 0.2) is 12.4 Å². The summed E-state index contributed by atoms with van der Waals surface area (Å²) in [4.78, 5) is 37.5. The Morgan fingerprint density at radius 3 is 2.65 bits per heavy atom. The van der Waals surface area contributed by atoms with Crippen molar-refractivity contribution < 1.29 is 23.5 Å². The van der Waals surface area contributed by atoms with Crippen molar-refractivity contribution in [3.8, 4) is 11.5 Å². The van der Waals surface area contributed by atoms with Gasteiger partial charge in [-0.2, -0.15) is 0 Å². The Hall–Kier alpha value is -3.75. The van der Waals surface area contributed by atoms with Crippen molar-refractivity contribution in [2.75, 3.05) is 11.9 Å². The van der Waals surface area contributed by atoms with Gasteiger partial charge in [0.2, 0.25) is 5.89 Å². The van der Waals surface area contributed by atoms with Gasteiger partial charge in [-0.25, -0.2) is 4.79 Å². The molecular weight excluding hydrogens is 340 g/mol. The van der Waals surface area contributed by atoms with Crippen LogP contribution in [0.3, 0.4) is 0 Å². The first kappa shape index (κ1) is 17.1. The van der Waals surface area contributed by atoms with Crippen LogP contribution in [0, 0.1) is 0 Å². The van der Waals surface area contributed by atoms with E-state index in [9.17, 15) is 14.4 Å². The molecule has 26 heavy (non-hydrogen) atoms. The zero-order valence-corrected chi connectivity index (χ0v) is 13.7. The summed E-state index contributed by atoms with van der Waals surface area (Å²) in [7, 11) is 0. The minimum absolute atomic E-state index is 0.0761. The minimum Gasteiger partial charge on any atom is -0.451 e. The van der Waals surface area contributed by atoms with E-state index in [1.807, 2.05) is 18.2 Å². The van der Waals surface area contributed by atoms with Crippen LogP contribution in [0.5, 0.6) is 0 Å². The smallest absolute Gasteiger partial charge is 0.355 e. The van der Waals surface area contributed by atoms with Crippen LogP contribution >= 0.6 is 0 Å². The van der Waals surface area contributed by atoms with Crippen molar-refractivity contribution in [3.63, 3.8) is 0 Å². The maximum absolute atomic E-state index is 11.8. The second-order valence-corrected chi connectivity index (χ2v) is 5.26. The van der Waals surface area contributed by atoms with Crippen molar-refractivity contribution in [1.82, 2.24) is 15.2 Å². The van der Waals surface area contributed by atoms with Gasteiger partial charge in [-0.15, -0.1) is 5.10 Å². The third kappa shape index (κ3) is 4.01. The number of benzene rings is 1. The number of rotatable bonds is 6. The Morgan fingerprint density at radius 2 is 1.96 bits per heavy atom. The highest BCUT2D eigenvalue weighted by atomic mass is 16.5. The molecule has 0 aliphatic carbocycles. The van der Waals surface area contributed by atoms with E-state index < -0.39 is 18.5 Å². The Bertz CT molecular complexity index is 945. The standard InChI is InChI=1S/C17H14N4O5/c1-10(22)12-7-13(18-8-12)16(24)25-9-14(23)19-17-21-20-15(26-17)11-5-3-2-4-6-11/h2-8,18H,9H2,1H3,(H,19,21,23). The lowest BCUT2D eigenvalue weighted by Gasteiger charge is -2.02. The van der Waals surface area contributed by atoms with E-state index in [-0.39, 0.29) is 23.4 Å².